The lowest BCUT2D eigenvalue weighted by Crippen LogP contribution is -2.24. The van der Waals surface area contributed by atoms with E-state index in [9.17, 15) is 4.79 Å². The van der Waals surface area contributed by atoms with E-state index in [1.54, 1.807) is 0 Å². The van der Waals surface area contributed by atoms with Crippen LogP contribution in [0.1, 0.15) is 79.8 Å². The molecule has 0 bridgehead atoms. The Hall–Kier alpha value is -2.68. The summed E-state index contributed by atoms with van der Waals surface area (Å²) in [6, 6.07) is 16.2. The van der Waals surface area contributed by atoms with Gasteiger partial charge in [0.15, 0.2) is 0 Å². The van der Waals surface area contributed by atoms with Crippen molar-refractivity contribution in [2.75, 3.05) is 6.54 Å². The van der Waals surface area contributed by atoms with Gasteiger partial charge in [-0.3, -0.25) is 4.79 Å². The minimum atomic E-state index is -0.00689. The molecule has 0 saturated heterocycles. The number of hydrogen-bond donors (Lipinski definition) is 1. The number of fused-ring (bicyclic) bond motifs is 1. The molecule has 0 unspecified atom stereocenters. The van der Waals surface area contributed by atoms with E-state index in [0.29, 0.717) is 5.56 Å². The van der Waals surface area contributed by atoms with Crippen LogP contribution in [0.5, 0.6) is 0 Å². The predicted octanol–water partition coefficient (Wildman–Crippen LogP) is 7.39. The van der Waals surface area contributed by atoms with Crippen LogP contribution in [0.2, 0.25) is 0 Å². The van der Waals surface area contributed by atoms with Crippen molar-refractivity contribution in [1.29, 1.82) is 0 Å². The molecule has 1 heterocycles. The SMILES string of the molecule is CCCCCCCCCCNC(=O)c1cc(-c2ccc(C)cc2C)nc2ccccc12. The molecule has 0 spiro atoms. The first-order chi connectivity index (χ1) is 15.1. The van der Waals surface area contributed by atoms with Gasteiger partial charge in [-0.2, -0.15) is 0 Å². The lowest BCUT2D eigenvalue weighted by Gasteiger charge is -2.12. The lowest BCUT2D eigenvalue weighted by molar-refractivity contribution is 0.0954. The molecular formula is C28H36N2O. The molecule has 1 amide bonds. The Labute approximate surface area is 187 Å². The highest BCUT2D eigenvalue weighted by Gasteiger charge is 2.14. The van der Waals surface area contributed by atoms with E-state index >= 15 is 0 Å². The fourth-order valence-electron chi connectivity index (χ4n) is 4.16. The summed E-state index contributed by atoms with van der Waals surface area (Å²) in [5.74, 6) is -0.00689. The van der Waals surface area contributed by atoms with E-state index in [2.05, 4.69) is 44.3 Å². The first kappa shape index (κ1) is 23.0. The predicted molar refractivity (Wildman–Crippen MR) is 132 cm³/mol. The Morgan fingerprint density at radius 1 is 0.871 bits per heavy atom. The van der Waals surface area contributed by atoms with Gasteiger partial charge in [-0.25, -0.2) is 4.98 Å². The Balaban J connectivity index is 1.67. The Morgan fingerprint density at radius 2 is 1.58 bits per heavy atom. The number of hydrogen-bond acceptors (Lipinski definition) is 2. The number of para-hydroxylation sites is 1. The summed E-state index contributed by atoms with van der Waals surface area (Å²) in [6.45, 7) is 7.17. The fourth-order valence-corrected chi connectivity index (χ4v) is 4.16. The number of amides is 1. The second-order valence-electron chi connectivity index (χ2n) is 8.62. The third-order valence-electron chi connectivity index (χ3n) is 5.93. The van der Waals surface area contributed by atoms with Crippen LogP contribution in [0.25, 0.3) is 22.2 Å². The maximum absolute atomic E-state index is 13.0. The number of unbranched alkanes of at least 4 members (excludes halogenated alkanes) is 7. The molecule has 31 heavy (non-hydrogen) atoms. The van der Waals surface area contributed by atoms with Crippen LogP contribution < -0.4 is 5.32 Å². The standard InChI is InChI=1S/C28H36N2O/c1-4-5-6-7-8-9-10-13-18-29-28(31)25-20-27(23-17-16-21(2)19-22(23)3)30-26-15-12-11-14-24(25)26/h11-12,14-17,19-20H,4-10,13,18H2,1-3H3,(H,29,31). The summed E-state index contributed by atoms with van der Waals surface area (Å²) in [5.41, 5.74) is 5.90. The number of aromatic nitrogens is 1. The smallest absolute Gasteiger partial charge is 0.252 e. The van der Waals surface area contributed by atoms with E-state index in [4.69, 9.17) is 4.98 Å². The third-order valence-corrected chi connectivity index (χ3v) is 5.93. The van der Waals surface area contributed by atoms with Crippen LogP contribution >= 0.6 is 0 Å². The van der Waals surface area contributed by atoms with Gasteiger partial charge in [0.1, 0.15) is 0 Å². The molecule has 0 aliphatic carbocycles. The Morgan fingerprint density at radius 3 is 2.32 bits per heavy atom. The van der Waals surface area contributed by atoms with Gasteiger partial charge in [0.05, 0.1) is 16.8 Å². The molecule has 3 heteroatoms. The maximum Gasteiger partial charge on any atom is 0.252 e. The molecule has 1 aromatic heterocycles. The van der Waals surface area contributed by atoms with Crippen molar-refractivity contribution >= 4 is 16.8 Å². The fraction of sp³-hybridized carbons (Fsp3) is 0.429. The number of pyridine rings is 1. The van der Waals surface area contributed by atoms with Crippen molar-refractivity contribution in [3.8, 4) is 11.3 Å². The van der Waals surface area contributed by atoms with Gasteiger partial charge in [-0.1, -0.05) is 93.8 Å². The highest BCUT2D eigenvalue weighted by atomic mass is 16.1. The molecule has 0 aliphatic rings. The topological polar surface area (TPSA) is 42.0 Å². The molecule has 3 aromatic rings. The minimum absolute atomic E-state index is 0.00689. The molecule has 164 valence electrons. The number of aryl methyl sites for hydroxylation is 2. The molecular weight excluding hydrogens is 380 g/mol. The number of carbonyl (C=O) groups is 1. The van der Waals surface area contributed by atoms with E-state index < -0.39 is 0 Å². The number of nitrogens with zero attached hydrogens (tertiary/aromatic N) is 1. The Bertz CT molecular complexity index is 1010. The highest BCUT2D eigenvalue weighted by Crippen LogP contribution is 2.27. The summed E-state index contributed by atoms with van der Waals surface area (Å²) >= 11 is 0. The minimum Gasteiger partial charge on any atom is -0.352 e. The van der Waals surface area contributed by atoms with E-state index in [-0.39, 0.29) is 5.91 Å². The molecule has 0 aliphatic heterocycles. The summed E-state index contributed by atoms with van der Waals surface area (Å²) in [5, 5.41) is 4.04. The summed E-state index contributed by atoms with van der Waals surface area (Å²) in [7, 11) is 0. The van der Waals surface area contributed by atoms with Gasteiger partial charge in [0.2, 0.25) is 0 Å². The Kier molecular flexibility index (Phi) is 8.63. The third kappa shape index (κ3) is 6.40. The number of rotatable bonds is 11. The van der Waals surface area contributed by atoms with Crippen molar-refractivity contribution in [1.82, 2.24) is 10.3 Å². The van der Waals surface area contributed by atoms with Gasteiger partial charge in [0.25, 0.3) is 5.91 Å². The van der Waals surface area contributed by atoms with Gasteiger partial charge in [0, 0.05) is 17.5 Å². The molecule has 0 radical (unpaired) electrons. The molecule has 2 aromatic carbocycles. The normalized spacial score (nSPS) is 11.1. The van der Waals surface area contributed by atoms with E-state index in [1.165, 1.54) is 56.1 Å². The zero-order chi connectivity index (χ0) is 22.1. The van der Waals surface area contributed by atoms with Crippen LogP contribution in [-0.4, -0.2) is 17.4 Å². The van der Waals surface area contributed by atoms with Gasteiger partial charge >= 0.3 is 0 Å². The molecule has 1 N–H and O–H groups in total. The lowest BCUT2D eigenvalue weighted by atomic mass is 9.99. The average molecular weight is 417 g/mol. The first-order valence-corrected chi connectivity index (χ1v) is 11.9. The first-order valence-electron chi connectivity index (χ1n) is 11.9. The largest absolute Gasteiger partial charge is 0.352 e. The van der Waals surface area contributed by atoms with E-state index in [1.807, 2.05) is 30.3 Å². The quantitative estimate of drug-likeness (QED) is 0.331. The van der Waals surface area contributed by atoms with Gasteiger partial charge in [-0.15, -0.1) is 0 Å². The summed E-state index contributed by atoms with van der Waals surface area (Å²) < 4.78 is 0. The maximum atomic E-state index is 13.0. The van der Waals surface area contributed by atoms with Gasteiger partial charge in [-0.05, 0) is 38.0 Å². The second-order valence-corrected chi connectivity index (χ2v) is 8.62. The van der Waals surface area contributed by atoms with Gasteiger partial charge < -0.3 is 5.32 Å². The molecule has 0 fully saturated rings. The number of nitrogens with one attached hydrogen (secondary N) is 1. The van der Waals surface area contributed by atoms with Crippen LogP contribution in [0.4, 0.5) is 0 Å². The molecule has 0 atom stereocenters. The van der Waals surface area contributed by atoms with Crippen LogP contribution in [0, 0.1) is 13.8 Å². The van der Waals surface area contributed by atoms with Crippen LogP contribution in [0.15, 0.2) is 48.5 Å². The van der Waals surface area contributed by atoms with Crippen molar-refractivity contribution in [2.24, 2.45) is 0 Å². The number of carbonyl (C=O) groups excluding carboxylic acids is 1. The highest BCUT2D eigenvalue weighted by molar-refractivity contribution is 6.07. The monoisotopic (exact) mass is 416 g/mol. The molecule has 0 saturated carbocycles. The molecule has 3 rings (SSSR count). The zero-order valence-electron chi connectivity index (χ0n) is 19.3. The van der Waals surface area contributed by atoms with Crippen molar-refractivity contribution < 1.29 is 4.79 Å². The van der Waals surface area contributed by atoms with E-state index in [0.717, 1.165) is 35.1 Å². The van der Waals surface area contributed by atoms with Crippen molar-refractivity contribution in [3.63, 3.8) is 0 Å². The van der Waals surface area contributed by atoms with Crippen molar-refractivity contribution in [2.45, 2.75) is 72.1 Å². The number of benzene rings is 2. The summed E-state index contributed by atoms with van der Waals surface area (Å²) in [6.07, 6.45) is 10.1. The van der Waals surface area contributed by atoms with Crippen molar-refractivity contribution in [3.05, 3.63) is 65.2 Å². The summed E-state index contributed by atoms with van der Waals surface area (Å²) in [4.78, 5) is 17.9. The molecule has 3 nitrogen and oxygen atoms in total. The second kappa shape index (κ2) is 11.6. The zero-order valence-corrected chi connectivity index (χ0v) is 19.3. The average Bonchev–Trinajstić information content (AvgIpc) is 2.77. The van der Waals surface area contributed by atoms with Crippen LogP contribution in [0.3, 0.4) is 0 Å². The van der Waals surface area contributed by atoms with Crippen LogP contribution in [-0.2, 0) is 0 Å².